The molecule has 0 amide bonds. The molecule has 1 aromatic carbocycles. The third-order valence-corrected chi connectivity index (χ3v) is 4.83. The Kier molecular flexibility index (Phi) is 4.03. The molecular weight excluding hydrogens is 332 g/mol. The van der Waals surface area contributed by atoms with Gasteiger partial charge < -0.3 is 0 Å². The van der Waals surface area contributed by atoms with Gasteiger partial charge in [-0.1, -0.05) is 6.07 Å². The zero-order chi connectivity index (χ0) is 17.2. The normalized spacial score (nSPS) is 10.9. The minimum Gasteiger partial charge on any atom is -0.294 e. The number of thiazole rings is 1. The van der Waals surface area contributed by atoms with E-state index in [0.717, 1.165) is 26.4 Å². The Bertz CT molecular complexity index is 1060. The third-order valence-electron chi connectivity index (χ3n) is 3.87. The van der Waals surface area contributed by atoms with Crippen LogP contribution < -0.4 is 0 Å². The van der Waals surface area contributed by atoms with Gasteiger partial charge in [0.1, 0.15) is 0 Å². The predicted molar refractivity (Wildman–Crippen MR) is 97.7 cm³/mol. The van der Waals surface area contributed by atoms with Crippen molar-refractivity contribution in [3.63, 3.8) is 0 Å². The summed E-state index contributed by atoms with van der Waals surface area (Å²) in [4.78, 5) is 21.7. The van der Waals surface area contributed by atoms with Crippen molar-refractivity contribution in [3.05, 3.63) is 71.3 Å². The Labute approximate surface area is 148 Å². The minimum absolute atomic E-state index is 0.0176. The molecule has 122 valence electrons. The van der Waals surface area contributed by atoms with Crippen LogP contribution in [0.2, 0.25) is 0 Å². The molecule has 25 heavy (non-hydrogen) atoms. The number of nitrogens with zero attached hydrogens (tertiary/aromatic N) is 4. The van der Waals surface area contributed by atoms with Gasteiger partial charge >= 0.3 is 0 Å². The molecule has 0 radical (unpaired) electrons. The molecule has 0 saturated carbocycles. The van der Waals surface area contributed by atoms with E-state index in [9.17, 15) is 4.79 Å². The number of fused-ring (bicyclic) bond motifs is 1. The number of Topliss-reactive ketones (excluding diaryl/α,β-unsaturated/α-hetero) is 1. The van der Waals surface area contributed by atoms with Crippen molar-refractivity contribution in [1.82, 2.24) is 20.2 Å². The molecule has 0 N–H and O–H groups in total. The summed E-state index contributed by atoms with van der Waals surface area (Å²) in [6, 6.07) is 11.5. The zero-order valence-corrected chi connectivity index (χ0v) is 14.3. The van der Waals surface area contributed by atoms with E-state index in [-0.39, 0.29) is 12.2 Å². The topological polar surface area (TPSA) is 68.6 Å². The van der Waals surface area contributed by atoms with Crippen LogP contribution in [0.4, 0.5) is 0 Å². The Balaban J connectivity index is 1.66. The van der Waals surface area contributed by atoms with Gasteiger partial charge in [0.2, 0.25) is 0 Å². The van der Waals surface area contributed by atoms with Gasteiger partial charge in [-0.25, -0.2) is 4.98 Å². The largest absolute Gasteiger partial charge is 0.294 e. The first kappa shape index (κ1) is 15.5. The Morgan fingerprint density at radius 2 is 2.04 bits per heavy atom. The standard InChI is InChI=1S/C19H14N4OS/c1-12-21-11-19(25-12)13-4-5-17-15(7-13)8-16(22-23-17)9-18(24)14-3-2-6-20-10-14/h2-8,10-11H,9H2,1H3. The molecule has 0 aliphatic heterocycles. The van der Waals surface area contributed by atoms with E-state index in [1.807, 2.05) is 31.3 Å². The fourth-order valence-corrected chi connectivity index (χ4v) is 3.39. The number of ketones is 1. The minimum atomic E-state index is -0.0176. The lowest BCUT2D eigenvalue weighted by molar-refractivity contribution is 0.0991. The summed E-state index contributed by atoms with van der Waals surface area (Å²) in [5, 5.41) is 10.4. The smallest absolute Gasteiger partial charge is 0.170 e. The molecular formula is C19H14N4OS. The Morgan fingerprint density at radius 1 is 1.12 bits per heavy atom. The number of rotatable bonds is 4. The summed E-state index contributed by atoms with van der Waals surface area (Å²) >= 11 is 1.65. The van der Waals surface area contributed by atoms with Crippen LogP contribution in [0, 0.1) is 6.92 Å². The number of carbonyl (C=O) groups is 1. The molecule has 3 heterocycles. The number of aryl methyl sites for hydroxylation is 1. The van der Waals surface area contributed by atoms with Crippen molar-refractivity contribution in [2.75, 3.05) is 0 Å². The van der Waals surface area contributed by atoms with Gasteiger partial charge in [0.25, 0.3) is 0 Å². The highest BCUT2D eigenvalue weighted by Crippen LogP contribution is 2.28. The maximum atomic E-state index is 12.3. The van der Waals surface area contributed by atoms with Gasteiger partial charge in [0, 0.05) is 29.5 Å². The highest BCUT2D eigenvalue weighted by molar-refractivity contribution is 7.15. The van der Waals surface area contributed by atoms with E-state index < -0.39 is 0 Å². The summed E-state index contributed by atoms with van der Waals surface area (Å²) in [6.07, 6.45) is 5.30. The van der Waals surface area contributed by atoms with Crippen molar-refractivity contribution in [2.24, 2.45) is 0 Å². The number of pyridine rings is 1. The van der Waals surface area contributed by atoms with E-state index in [1.54, 1.807) is 35.9 Å². The number of benzene rings is 1. The van der Waals surface area contributed by atoms with Crippen LogP contribution in [-0.4, -0.2) is 25.9 Å². The van der Waals surface area contributed by atoms with Crippen molar-refractivity contribution in [2.45, 2.75) is 13.3 Å². The average Bonchev–Trinajstić information content (AvgIpc) is 3.08. The van der Waals surface area contributed by atoms with E-state index in [4.69, 9.17) is 0 Å². The van der Waals surface area contributed by atoms with E-state index in [0.29, 0.717) is 11.3 Å². The van der Waals surface area contributed by atoms with Crippen molar-refractivity contribution in [3.8, 4) is 10.4 Å². The van der Waals surface area contributed by atoms with Gasteiger partial charge in [0.15, 0.2) is 5.78 Å². The first-order chi connectivity index (χ1) is 12.2. The monoisotopic (exact) mass is 346 g/mol. The van der Waals surface area contributed by atoms with Gasteiger partial charge in [-0.15, -0.1) is 11.3 Å². The highest BCUT2D eigenvalue weighted by atomic mass is 32.1. The summed E-state index contributed by atoms with van der Waals surface area (Å²) < 4.78 is 0. The van der Waals surface area contributed by atoms with Crippen LogP contribution in [0.25, 0.3) is 21.3 Å². The van der Waals surface area contributed by atoms with Gasteiger partial charge in [-0.2, -0.15) is 10.2 Å². The molecule has 4 rings (SSSR count). The van der Waals surface area contributed by atoms with Crippen LogP contribution in [0.3, 0.4) is 0 Å². The van der Waals surface area contributed by atoms with Crippen LogP contribution in [-0.2, 0) is 6.42 Å². The molecule has 6 heteroatoms. The van der Waals surface area contributed by atoms with Crippen LogP contribution in [0.1, 0.15) is 21.1 Å². The van der Waals surface area contributed by atoms with Crippen molar-refractivity contribution >= 4 is 28.0 Å². The van der Waals surface area contributed by atoms with Gasteiger partial charge in [-0.05, 0) is 42.8 Å². The molecule has 3 aromatic heterocycles. The molecule has 5 nitrogen and oxygen atoms in total. The molecule has 0 fully saturated rings. The van der Waals surface area contributed by atoms with E-state index in [1.165, 1.54) is 0 Å². The molecule has 0 bridgehead atoms. The quantitative estimate of drug-likeness (QED) is 0.525. The second kappa shape index (κ2) is 6.49. The van der Waals surface area contributed by atoms with E-state index in [2.05, 4.69) is 26.2 Å². The average molecular weight is 346 g/mol. The number of carbonyl (C=O) groups excluding carboxylic acids is 1. The zero-order valence-electron chi connectivity index (χ0n) is 13.5. The van der Waals surface area contributed by atoms with E-state index >= 15 is 0 Å². The summed E-state index contributed by atoms with van der Waals surface area (Å²) in [5.41, 5.74) is 3.13. The Hall–Kier alpha value is -2.99. The first-order valence-corrected chi connectivity index (χ1v) is 8.63. The first-order valence-electron chi connectivity index (χ1n) is 7.81. The van der Waals surface area contributed by atoms with Gasteiger partial charge in [-0.3, -0.25) is 9.78 Å². The van der Waals surface area contributed by atoms with Gasteiger partial charge in [0.05, 0.1) is 27.5 Å². The number of hydrogen-bond donors (Lipinski definition) is 0. The molecule has 0 spiro atoms. The van der Waals surface area contributed by atoms with Crippen LogP contribution in [0.15, 0.2) is 55.0 Å². The molecule has 0 atom stereocenters. The van der Waals surface area contributed by atoms with Crippen LogP contribution >= 0.6 is 11.3 Å². The third kappa shape index (κ3) is 3.29. The van der Waals surface area contributed by atoms with Crippen molar-refractivity contribution in [1.29, 1.82) is 0 Å². The second-order valence-corrected chi connectivity index (χ2v) is 6.93. The lowest BCUT2D eigenvalue weighted by atomic mass is 10.1. The number of hydrogen-bond acceptors (Lipinski definition) is 6. The highest BCUT2D eigenvalue weighted by Gasteiger charge is 2.10. The lowest BCUT2D eigenvalue weighted by Crippen LogP contribution is -2.06. The lowest BCUT2D eigenvalue weighted by Gasteiger charge is -2.04. The fraction of sp³-hybridized carbons (Fsp3) is 0.105. The summed E-state index contributed by atoms with van der Waals surface area (Å²) in [6.45, 7) is 1.99. The van der Waals surface area contributed by atoms with Crippen LogP contribution in [0.5, 0.6) is 0 Å². The fourth-order valence-electron chi connectivity index (χ4n) is 2.62. The maximum Gasteiger partial charge on any atom is 0.170 e. The Morgan fingerprint density at radius 3 is 2.80 bits per heavy atom. The molecule has 0 aliphatic carbocycles. The van der Waals surface area contributed by atoms with Crippen molar-refractivity contribution < 1.29 is 4.79 Å². The molecule has 4 aromatic rings. The maximum absolute atomic E-state index is 12.3. The summed E-state index contributed by atoms with van der Waals surface area (Å²) in [5.74, 6) is -0.0176. The molecule has 0 saturated heterocycles. The number of aromatic nitrogens is 4. The second-order valence-electron chi connectivity index (χ2n) is 5.69. The molecule has 0 aliphatic rings. The SMILES string of the molecule is Cc1ncc(-c2ccc3nnc(CC(=O)c4cccnc4)cc3c2)s1. The molecule has 0 unspecified atom stereocenters. The predicted octanol–water partition coefficient (Wildman–Crippen LogP) is 3.88. The summed E-state index contributed by atoms with van der Waals surface area (Å²) in [7, 11) is 0.